The molecule has 1 aliphatic rings. The molecule has 0 unspecified atom stereocenters. The van der Waals surface area contributed by atoms with Crippen molar-refractivity contribution in [2.24, 2.45) is 0 Å². The Labute approximate surface area is 272 Å². The van der Waals surface area contributed by atoms with Gasteiger partial charge in [-0.2, -0.15) is 0 Å². The van der Waals surface area contributed by atoms with Crippen molar-refractivity contribution < 1.29 is 0 Å². The Morgan fingerprint density at radius 2 is 1.13 bits per heavy atom. The highest BCUT2D eigenvalue weighted by molar-refractivity contribution is 7.26. The summed E-state index contributed by atoms with van der Waals surface area (Å²) in [5.74, 6) is 0. The number of thiophene rings is 1. The molecule has 3 nitrogen and oxygen atoms in total. The second-order valence-corrected chi connectivity index (χ2v) is 13.8. The fourth-order valence-electron chi connectivity index (χ4n) is 8.60. The largest absolute Gasteiger partial charge is 0.306 e. The number of hydrogen-bond acceptors (Lipinski definition) is 2. The van der Waals surface area contributed by atoms with Crippen LogP contribution in [0.1, 0.15) is 0 Å². The Balaban J connectivity index is 1.37. The summed E-state index contributed by atoms with van der Waals surface area (Å²) in [5.41, 5.74) is 13.2. The minimum Gasteiger partial charge on any atom is -0.306 e. The Morgan fingerprint density at radius 3 is 2.02 bits per heavy atom. The summed E-state index contributed by atoms with van der Waals surface area (Å²) in [7, 11) is 0. The van der Waals surface area contributed by atoms with Crippen LogP contribution in [0.2, 0.25) is 0 Å². The number of fused-ring (bicyclic) bond motifs is 17. The first-order valence-corrected chi connectivity index (χ1v) is 16.9. The average molecular weight is 614 g/mol. The Kier molecular flexibility index (Phi) is 4.36. The summed E-state index contributed by atoms with van der Waals surface area (Å²) in [6.07, 6.45) is 0. The second-order valence-electron chi connectivity index (χ2n) is 12.7. The molecule has 47 heavy (non-hydrogen) atoms. The summed E-state index contributed by atoms with van der Waals surface area (Å²) >= 11 is 1.87. The van der Waals surface area contributed by atoms with E-state index in [-0.39, 0.29) is 0 Å². The molecule has 0 radical (unpaired) electrons. The van der Waals surface area contributed by atoms with Crippen LogP contribution in [0.4, 0.5) is 0 Å². The van der Waals surface area contributed by atoms with Crippen LogP contribution >= 0.6 is 11.3 Å². The highest BCUT2D eigenvalue weighted by atomic mass is 32.1. The van der Waals surface area contributed by atoms with Gasteiger partial charge in [0.1, 0.15) is 5.65 Å². The first-order valence-electron chi connectivity index (χ1n) is 16.1. The van der Waals surface area contributed by atoms with Crippen LogP contribution in [0.15, 0.2) is 140 Å². The third-order valence-corrected chi connectivity index (χ3v) is 11.6. The van der Waals surface area contributed by atoms with Gasteiger partial charge < -0.3 is 4.57 Å². The van der Waals surface area contributed by atoms with Crippen LogP contribution in [-0.4, -0.2) is 14.0 Å². The molecule has 0 saturated heterocycles. The standard InChI is InChI=1S/C43H23N3S/c1-2-11-25-24(10-1)26-14-9-15-28-34(22-20-27(25)38(26)28)45-33-17-6-3-12-29(33)41-42(45)31-21-23-37-39(30-13-4-8-19-36(30)47-37)40(31)43-44-32-16-5-7-18-35(32)46(41)43/h1-23H. The summed E-state index contributed by atoms with van der Waals surface area (Å²) in [6, 6.07) is 51.3. The molecule has 216 valence electrons. The van der Waals surface area contributed by atoms with Crippen molar-refractivity contribution in [2.75, 3.05) is 0 Å². The number of nitrogens with zero attached hydrogens (tertiary/aromatic N) is 3. The van der Waals surface area contributed by atoms with Crippen LogP contribution in [0, 0.1) is 0 Å². The molecule has 4 aromatic heterocycles. The van der Waals surface area contributed by atoms with E-state index in [1.54, 1.807) is 0 Å². The molecule has 11 aromatic rings. The lowest BCUT2D eigenvalue weighted by Crippen LogP contribution is -1.98. The Bertz CT molecular complexity index is 3160. The zero-order valence-corrected chi connectivity index (χ0v) is 25.8. The average Bonchev–Trinajstić information content (AvgIpc) is 3.87. The number of para-hydroxylation sites is 3. The lowest BCUT2D eigenvalue weighted by atomic mass is 10.0. The minimum atomic E-state index is 1.01. The number of imidazole rings is 1. The zero-order valence-electron chi connectivity index (χ0n) is 25.0. The van der Waals surface area contributed by atoms with E-state index in [4.69, 9.17) is 4.98 Å². The van der Waals surface area contributed by atoms with E-state index >= 15 is 0 Å². The summed E-state index contributed by atoms with van der Waals surface area (Å²) in [6.45, 7) is 0. The van der Waals surface area contributed by atoms with Gasteiger partial charge in [-0.15, -0.1) is 11.3 Å². The van der Waals surface area contributed by atoms with Crippen LogP contribution in [-0.2, 0) is 0 Å². The molecule has 7 aromatic carbocycles. The normalized spacial score (nSPS) is 12.7. The van der Waals surface area contributed by atoms with Gasteiger partial charge in [-0.25, -0.2) is 4.98 Å². The van der Waals surface area contributed by atoms with Crippen molar-refractivity contribution in [2.45, 2.75) is 0 Å². The maximum Gasteiger partial charge on any atom is 0.147 e. The Hall–Kier alpha value is -5.97. The minimum absolute atomic E-state index is 1.01. The van der Waals surface area contributed by atoms with Crippen molar-refractivity contribution in [1.29, 1.82) is 0 Å². The third kappa shape index (κ3) is 2.87. The van der Waals surface area contributed by atoms with Crippen molar-refractivity contribution in [3.8, 4) is 27.9 Å². The first kappa shape index (κ1) is 24.3. The summed E-state index contributed by atoms with van der Waals surface area (Å²) < 4.78 is 7.57. The molecule has 0 atom stereocenters. The second kappa shape index (κ2) is 8.43. The van der Waals surface area contributed by atoms with Crippen LogP contribution in [0.3, 0.4) is 0 Å². The molecular formula is C43H23N3S. The lowest BCUT2D eigenvalue weighted by Gasteiger charge is -2.15. The lowest BCUT2D eigenvalue weighted by molar-refractivity contribution is 1.20. The molecule has 4 heteroatoms. The highest BCUT2D eigenvalue weighted by Crippen LogP contribution is 2.50. The van der Waals surface area contributed by atoms with E-state index in [2.05, 4.69) is 148 Å². The topological polar surface area (TPSA) is 22.2 Å². The van der Waals surface area contributed by atoms with Gasteiger partial charge in [-0.05, 0) is 64.0 Å². The van der Waals surface area contributed by atoms with Gasteiger partial charge in [0.25, 0.3) is 0 Å². The SMILES string of the molecule is c1ccc2c(c1)-c1cccc3c(-n4c5ccccc5c5c4c4ccc6sc7ccccc7c6c4c4nc6ccccc6n45)ccc-2c13. The maximum absolute atomic E-state index is 5.38. The molecule has 4 heterocycles. The smallest absolute Gasteiger partial charge is 0.147 e. The maximum atomic E-state index is 5.38. The quantitative estimate of drug-likeness (QED) is 0.181. The van der Waals surface area contributed by atoms with Crippen LogP contribution in [0.25, 0.3) is 108 Å². The molecule has 0 N–H and O–H groups in total. The van der Waals surface area contributed by atoms with Gasteiger partial charge in [0.05, 0.1) is 33.3 Å². The van der Waals surface area contributed by atoms with E-state index in [0.717, 1.165) is 16.7 Å². The van der Waals surface area contributed by atoms with E-state index in [9.17, 15) is 0 Å². The molecule has 0 amide bonds. The molecule has 0 saturated carbocycles. The number of aromatic nitrogens is 3. The third-order valence-electron chi connectivity index (χ3n) is 10.4. The fourth-order valence-corrected chi connectivity index (χ4v) is 9.72. The van der Waals surface area contributed by atoms with Gasteiger partial charge in [-0.3, -0.25) is 4.40 Å². The molecule has 0 aliphatic heterocycles. The molecule has 0 fully saturated rings. The number of pyridine rings is 1. The van der Waals surface area contributed by atoms with Crippen LogP contribution < -0.4 is 0 Å². The van der Waals surface area contributed by atoms with E-state index in [1.807, 2.05) is 11.3 Å². The molecular weight excluding hydrogens is 591 g/mol. The molecule has 12 rings (SSSR count). The van der Waals surface area contributed by atoms with E-state index in [0.29, 0.717) is 0 Å². The van der Waals surface area contributed by atoms with Crippen molar-refractivity contribution in [3.63, 3.8) is 0 Å². The number of benzene rings is 7. The van der Waals surface area contributed by atoms with Crippen molar-refractivity contribution in [3.05, 3.63) is 140 Å². The van der Waals surface area contributed by atoms with Gasteiger partial charge in [0, 0.05) is 41.7 Å². The van der Waals surface area contributed by atoms with Gasteiger partial charge in [0.2, 0.25) is 0 Å². The van der Waals surface area contributed by atoms with Gasteiger partial charge in [-0.1, -0.05) is 103 Å². The van der Waals surface area contributed by atoms with E-state index < -0.39 is 0 Å². The summed E-state index contributed by atoms with van der Waals surface area (Å²) in [5, 5.41) is 8.84. The predicted molar refractivity (Wildman–Crippen MR) is 199 cm³/mol. The Morgan fingerprint density at radius 1 is 0.426 bits per heavy atom. The number of hydrogen-bond donors (Lipinski definition) is 0. The monoisotopic (exact) mass is 613 g/mol. The fraction of sp³-hybridized carbons (Fsp3) is 0. The summed E-state index contributed by atoms with van der Waals surface area (Å²) in [4.78, 5) is 5.38. The molecule has 0 spiro atoms. The van der Waals surface area contributed by atoms with Crippen LogP contribution in [0.5, 0.6) is 0 Å². The van der Waals surface area contributed by atoms with Gasteiger partial charge in [0.15, 0.2) is 0 Å². The zero-order chi connectivity index (χ0) is 30.4. The molecule has 1 aliphatic carbocycles. The van der Waals surface area contributed by atoms with Crippen molar-refractivity contribution >= 4 is 91.7 Å². The highest BCUT2D eigenvalue weighted by Gasteiger charge is 2.27. The van der Waals surface area contributed by atoms with Crippen molar-refractivity contribution in [1.82, 2.24) is 14.0 Å². The molecule has 0 bridgehead atoms. The van der Waals surface area contributed by atoms with E-state index in [1.165, 1.54) is 91.6 Å². The van der Waals surface area contributed by atoms with Gasteiger partial charge >= 0.3 is 0 Å². The number of rotatable bonds is 1. The first-order chi connectivity index (χ1) is 23.3. The predicted octanol–water partition coefficient (Wildman–Crippen LogP) is 11.9.